The number of halogens is 2. The van der Waals surface area contributed by atoms with Gasteiger partial charge in [-0.2, -0.15) is 0 Å². The van der Waals surface area contributed by atoms with E-state index in [2.05, 4.69) is 20.7 Å². The number of anilines is 3. The summed E-state index contributed by atoms with van der Waals surface area (Å²) in [7, 11) is 0. The van der Waals surface area contributed by atoms with Crippen molar-refractivity contribution >= 4 is 58.2 Å². The highest BCUT2D eigenvalue weighted by Crippen LogP contribution is 2.31. The van der Waals surface area contributed by atoms with E-state index in [-0.39, 0.29) is 28.5 Å². The zero-order chi connectivity index (χ0) is 28.5. The molecule has 1 amide bonds. The summed E-state index contributed by atoms with van der Waals surface area (Å²) in [6, 6.07) is 8.58. The second kappa shape index (κ2) is 11.1. The molecule has 1 aliphatic rings. The van der Waals surface area contributed by atoms with E-state index in [1.165, 1.54) is 4.52 Å². The summed E-state index contributed by atoms with van der Waals surface area (Å²) in [5.74, 6) is 0.142. The molecule has 0 aliphatic carbocycles. The minimum atomic E-state index is -0.726. The van der Waals surface area contributed by atoms with Gasteiger partial charge in [-0.1, -0.05) is 29.3 Å². The molecule has 210 valence electrons. The number of ether oxygens (including phenoxy) is 2. The number of esters is 1. The Kier molecular flexibility index (Phi) is 8.18. The fourth-order valence-electron chi connectivity index (χ4n) is 4.12. The van der Waals surface area contributed by atoms with Crippen molar-refractivity contribution in [1.29, 1.82) is 0 Å². The van der Waals surface area contributed by atoms with E-state index in [0.29, 0.717) is 35.4 Å². The van der Waals surface area contributed by atoms with Gasteiger partial charge in [0.25, 0.3) is 0 Å². The Morgan fingerprint density at radius 1 is 1.05 bits per heavy atom. The quantitative estimate of drug-likeness (QED) is 0.329. The van der Waals surface area contributed by atoms with Gasteiger partial charge in [0, 0.05) is 35.9 Å². The normalized spacial score (nSPS) is 16.2. The smallest absolute Gasteiger partial charge is 0.410 e. The van der Waals surface area contributed by atoms with Crippen LogP contribution in [0.15, 0.2) is 30.3 Å². The number of amides is 1. The summed E-state index contributed by atoms with van der Waals surface area (Å²) in [5.41, 5.74) is -0.210. The van der Waals surface area contributed by atoms with Crippen LogP contribution in [0.1, 0.15) is 64.9 Å². The lowest BCUT2D eigenvalue weighted by molar-refractivity contribution is 0.00591. The maximum absolute atomic E-state index is 13.2. The number of nitrogens with one attached hydrogen (secondary N) is 2. The highest BCUT2D eigenvalue weighted by molar-refractivity contribution is 6.36. The van der Waals surface area contributed by atoms with Gasteiger partial charge in [-0.25, -0.2) is 19.1 Å². The van der Waals surface area contributed by atoms with Gasteiger partial charge in [0.15, 0.2) is 17.2 Å². The van der Waals surface area contributed by atoms with Gasteiger partial charge in [-0.3, -0.25) is 0 Å². The SMILES string of the molecule is CC(C)(C)OC(=O)c1cc(N[C@H]2CCCN(C(=O)OC(C)(C)C)C2)nc2c(Cl)c(Nc3cccc(Cl)c3)nn12. The highest BCUT2D eigenvalue weighted by Gasteiger charge is 2.29. The van der Waals surface area contributed by atoms with Gasteiger partial charge in [0.1, 0.15) is 22.0 Å². The Balaban J connectivity index is 1.66. The third kappa shape index (κ3) is 7.45. The Bertz CT molecular complexity index is 1380. The second-order valence-electron chi connectivity index (χ2n) is 11.5. The number of rotatable bonds is 5. The van der Waals surface area contributed by atoms with Gasteiger partial charge < -0.3 is 25.0 Å². The van der Waals surface area contributed by atoms with Crippen LogP contribution >= 0.6 is 23.2 Å². The van der Waals surface area contributed by atoms with Gasteiger partial charge in [0.2, 0.25) is 0 Å². The molecule has 2 N–H and O–H groups in total. The average Bonchev–Trinajstić information content (AvgIpc) is 3.12. The van der Waals surface area contributed by atoms with Crippen LogP contribution in [0.5, 0.6) is 0 Å². The first-order valence-corrected chi connectivity index (χ1v) is 13.5. The topological polar surface area (TPSA) is 110 Å². The number of hydrogen-bond acceptors (Lipinski definition) is 8. The maximum Gasteiger partial charge on any atom is 0.410 e. The number of carbonyl (C=O) groups is 2. The number of carbonyl (C=O) groups excluding carboxylic acids is 2. The molecule has 3 aromatic rings. The minimum absolute atomic E-state index is 0.113. The molecule has 12 heteroatoms. The molecule has 39 heavy (non-hydrogen) atoms. The van der Waals surface area contributed by atoms with Crippen molar-refractivity contribution in [2.24, 2.45) is 0 Å². The summed E-state index contributed by atoms with van der Waals surface area (Å²) in [6.07, 6.45) is 1.24. The molecule has 0 radical (unpaired) electrons. The van der Waals surface area contributed by atoms with E-state index in [1.807, 2.05) is 26.8 Å². The highest BCUT2D eigenvalue weighted by atomic mass is 35.5. The molecule has 10 nitrogen and oxygen atoms in total. The first kappa shape index (κ1) is 28.8. The Morgan fingerprint density at radius 3 is 2.44 bits per heavy atom. The molecule has 2 aromatic heterocycles. The number of aromatic nitrogens is 3. The number of fused-ring (bicyclic) bond motifs is 1. The number of benzene rings is 1. The van der Waals surface area contributed by atoms with Crippen LogP contribution < -0.4 is 10.6 Å². The Hall–Kier alpha value is -3.24. The summed E-state index contributed by atoms with van der Waals surface area (Å²) in [5, 5.41) is 11.8. The molecule has 0 spiro atoms. The molecule has 1 aliphatic heterocycles. The monoisotopic (exact) mass is 576 g/mol. The van der Waals surface area contributed by atoms with E-state index in [1.54, 1.807) is 49.9 Å². The second-order valence-corrected chi connectivity index (χ2v) is 12.3. The van der Waals surface area contributed by atoms with Gasteiger partial charge in [0.05, 0.1) is 0 Å². The van der Waals surface area contributed by atoms with E-state index < -0.39 is 17.2 Å². The lowest BCUT2D eigenvalue weighted by Gasteiger charge is -2.34. The molecule has 3 heterocycles. The van der Waals surface area contributed by atoms with Crippen molar-refractivity contribution in [3.05, 3.63) is 46.1 Å². The fourth-order valence-corrected chi connectivity index (χ4v) is 4.52. The molecule has 1 saturated heterocycles. The van der Waals surface area contributed by atoms with Crippen molar-refractivity contribution < 1.29 is 19.1 Å². The van der Waals surface area contributed by atoms with Crippen LogP contribution in [0.25, 0.3) is 5.65 Å². The zero-order valence-corrected chi connectivity index (χ0v) is 24.5. The summed E-state index contributed by atoms with van der Waals surface area (Å²) in [4.78, 5) is 32.2. The molecule has 0 saturated carbocycles. The predicted octanol–water partition coefficient (Wildman–Crippen LogP) is 6.55. The van der Waals surface area contributed by atoms with Crippen LogP contribution in [0.4, 0.5) is 22.1 Å². The molecule has 1 aromatic carbocycles. The van der Waals surface area contributed by atoms with E-state index in [0.717, 1.165) is 12.8 Å². The summed E-state index contributed by atoms with van der Waals surface area (Å²) < 4.78 is 12.6. The maximum atomic E-state index is 13.2. The molecule has 1 fully saturated rings. The molecule has 0 bridgehead atoms. The number of likely N-dealkylation sites (tertiary alicyclic amines) is 1. The minimum Gasteiger partial charge on any atom is -0.455 e. The molecule has 0 unspecified atom stereocenters. The average molecular weight is 578 g/mol. The van der Waals surface area contributed by atoms with Crippen molar-refractivity contribution in [1.82, 2.24) is 19.5 Å². The summed E-state index contributed by atoms with van der Waals surface area (Å²) >= 11 is 12.8. The van der Waals surface area contributed by atoms with Crippen molar-refractivity contribution in [3.63, 3.8) is 0 Å². The summed E-state index contributed by atoms with van der Waals surface area (Å²) in [6.45, 7) is 11.9. The van der Waals surface area contributed by atoms with E-state index in [4.69, 9.17) is 32.7 Å². The third-order valence-electron chi connectivity index (χ3n) is 5.65. The van der Waals surface area contributed by atoms with Gasteiger partial charge in [-0.05, 0) is 72.6 Å². The Morgan fingerprint density at radius 2 is 1.77 bits per heavy atom. The standard InChI is InChI=1S/C27H34Cl2N6O4/c1-26(2,3)38-24(36)19-14-20(30-18-11-8-12-34(15-18)25(37)39-27(4,5)6)32-23-21(29)22(33-35(19)23)31-17-10-7-9-16(28)13-17/h7,9-10,13-14,18H,8,11-12,15H2,1-6H3,(H,30,32)(H,31,33)/t18-/m0/s1. The number of hydrogen-bond donors (Lipinski definition) is 2. The first-order chi connectivity index (χ1) is 18.2. The predicted molar refractivity (Wildman–Crippen MR) is 152 cm³/mol. The van der Waals surface area contributed by atoms with Crippen LogP contribution in [0.2, 0.25) is 10.0 Å². The molecule has 4 rings (SSSR count). The Labute approximate surface area is 237 Å². The fraction of sp³-hybridized carbons (Fsp3) is 0.481. The van der Waals surface area contributed by atoms with Crippen LogP contribution in [0, 0.1) is 0 Å². The van der Waals surface area contributed by atoms with Gasteiger partial charge in [-0.15, -0.1) is 5.10 Å². The number of piperidine rings is 1. The van der Waals surface area contributed by atoms with Crippen LogP contribution in [-0.4, -0.2) is 61.9 Å². The number of nitrogens with zero attached hydrogens (tertiary/aromatic N) is 4. The largest absolute Gasteiger partial charge is 0.455 e. The molecule has 1 atom stereocenters. The van der Waals surface area contributed by atoms with Crippen molar-refractivity contribution in [2.75, 3.05) is 23.7 Å². The van der Waals surface area contributed by atoms with E-state index >= 15 is 0 Å². The molecular weight excluding hydrogens is 543 g/mol. The first-order valence-electron chi connectivity index (χ1n) is 12.8. The van der Waals surface area contributed by atoms with E-state index in [9.17, 15) is 9.59 Å². The lowest BCUT2D eigenvalue weighted by Crippen LogP contribution is -2.47. The van der Waals surface area contributed by atoms with Crippen LogP contribution in [-0.2, 0) is 9.47 Å². The third-order valence-corrected chi connectivity index (χ3v) is 6.24. The lowest BCUT2D eigenvalue weighted by atomic mass is 10.1. The molecular formula is C27H34Cl2N6O4. The van der Waals surface area contributed by atoms with Crippen molar-refractivity contribution in [2.45, 2.75) is 71.6 Å². The van der Waals surface area contributed by atoms with Crippen LogP contribution in [0.3, 0.4) is 0 Å². The van der Waals surface area contributed by atoms with Gasteiger partial charge >= 0.3 is 12.1 Å². The zero-order valence-electron chi connectivity index (χ0n) is 23.0. The van der Waals surface area contributed by atoms with Crippen molar-refractivity contribution in [3.8, 4) is 0 Å².